The predicted molar refractivity (Wildman–Crippen MR) is 127 cm³/mol. The second-order valence-electron chi connectivity index (χ2n) is 8.25. The molecule has 1 aliphatic carbocycles. The molecule has 2 atom stereocenters. The standard InChI is InChI=1S/C23H22F4N6O3S/c1-35-20(15-11-14(6-7-16(15)24)36-23(25,26)27)21(34)29-22-33-32-19(37-22)10-12-2-4-13(5-3-12)17-8-9-18(28)31-30-17/h4,6-9,11-12,20H,2-3,5,10H2,1H3,(H2,28,31)(H,29,33,34)/t12-,20-/m0/s1. The highest BCUT2D eigenvalue weighted by atomic mass is 32.1. The first kappa shape index (κ1) is 26.4. The molecule has 0 fully saturated rings. The molecular formula is C23H22F4N6O3S. The Balaban J connectivity index is 1.37. The Morgan fingerprint density at radius 3 is 2.68 bits per heavy atom. The number of hydrogen-bond donors (Lipinski definition) is 2. The number of methoxy groups -OCH3 is 1. The number of allylic oxidation sites excluding steroid dienone is 2. The molecule has 0 radical (unpaired) electrons. The lowest BCUT2D eigenvalue weighted by Gasteiger charge is -2.20. The number of hydrogen-bond acceptors (Lipinski definition) is 9. The highest BCUT2D eigenvalue weighted by Crippen LogP contribution is 2.33. The van der Waals surface area contributed by atoms with Gasteiger partial charge >= 0.3 is 6.36 Å². The van der Waals surface area contributed by atoms with Crippen molar-refractivity contribution in [2.75, 3.05) is 18.2 Å². The highest BCUT2D eigenvalue weighted by molar-refractivity contribution is 7.15. The average molecular weight is 539 g/mol. The number of carbonyl (C=O) groups is 1. The molecule has 0 bridgehead atoms. The zero-order valence-corrected chi connectivity index (χ0v) is 20.3. The lowest BCUT2D eigenvalue weighted by molar-refractivity contribution is -0.274. The fourth-order valence-corrected chi connectivity index (χ4v) is 4.78. The van der Waals surface area contributed by atoms with E-state index in [0.717, 1.165) is 67.2 Å². The van der Waals surface area contributed by atoms with Gasteiger partial charge < -0.3 is 15.2 Å². The van der Waals surface area contributed by atoms with E-state index in [1.807, 2.05) is 6.07 Å². The zero-order valence-electron chi connectivity index (χ0n) is 19.5. The maximum Gasteiger partial charge on any atom is 0.573 e. The van der Waals surface area contributed by atoms with Crippen LogP contribution in [0, 0.1) is 11.7 Å². The Kier molecular flexibility index (Phi) is 7.97. The van der Waals surface area contributed by atoms with Crippen LogP contribution in [0.4, 0.5) is 28.5 Å². The van der Waals surface area contributed by atoms with Crippen LogP contribution in [-0.2, 0) is 16.0 Å². The molecular weight excluding hydrogens is 516 g/mol. The summed E-state index contributed by atoms with van der Waals surface area (Å²) in [5.41, 5.74) is 7.08. The number of aromatic nitrogens is 4. The van der Waals surface area contributed by atoms with Crippen molar-refractivity contribution in [2.24, 2.45) is 5.92 Å². The number of halogens is 4. The van der Waals surface area contributed by atoms with Crippen molar-refractivity contribution in [1.82, 2.24) is 20.4 Å². The van der Waals surface area contributed by atoms with E-state index in [4.69, 9.17) is 10.5 Å². The van der Waals surface area contributed by atoms with Gasteiger partial charge in [-0.25, -0.2) is 4.39 Å². The van der Waals surface area contributed by atoms with Crippen molar-refractivity contribution < 1.29 is 31.8 Å². The molecule has 1 aliphatic rings. The van der Waals surface area contributed by atoms with Gasteiger partial charge in [0.1, 0.15) is 22.4 Å². The minimum absolute atomic E-state index is 0.161. The third-order valence-corrected chi connectivity index (χ3v) is 6.51. The number of nitrogens with zero attached hydrogens (tertiary/aromatic N) is 4. The lowest BCUT2D eigenvalue weighted by atomic mass is 9.86. The van der Waals surface area contributed by atoms with E-state index in [-0.39, 0.29) is 5.13 Å². The number of rotatable bonds is 8. The molecule has 196 valence electrons. The summed E-state index contributed by atoms with van der Waals surface area (Å²) in [6.45, 7) is 0. The lowest BCUT2D eigenvalue weighted by Crippen LogP contribution is -2.24. The molecule has 0 saturated heterocycles. The van der Waals surface area contributed by atoms with Crippen molar-refractivity contribution >= 4 is 33.8 Å². The van der Waals surface area contributed by atoms with E-state index in [0.29, 0.717) is 23.2 Å². The van der Waals surface area contributed by atoms with Crippen LogP contribution in [0.15, 0.2) is 36.4 Å². The first-order valence-corrected chi connectivity index (χ1v) is 11.9. The summed E-state index contributed by atoms with van der Waals surface area (Å²) in [4.78, 5) is 12.7. The molecule has 0 aliphatic heterocycles. The van der Waals surface area contributed by atoms with Gasteiger partial charge in [0.05, 0.1) is 5.69 Å². The number of nitrogen functional groups attached to an aromatic ring is 1. The Hall–Kier alpha value is -3.65. The molecule has 9 nitrogen and oxygen atoms in total. The van der Waals surface area contributed by atoms with Gasteiger partial charge in [-0.05, 0) is 61.1 Å². The normalized spacial score (nSPS) is 16.7. The Bertz CT molecular complexity index is 1280. The summed E-state index contributed by atoms with van der Waals surface area (Å²) in [6, 6.07) is 5.89. The number of alkyl halides is 3. The van der Waals surface area contributed by atoms with Gasteiger partial charge in [0.25, 0.3) is 5.91 Å². The third kappa shape index (κ3) is 6.98. The predicted octanol–water partition coefficient (Wildman–Crippen LogP) is 4.70. The molecule has 2 heterocycles. The fraction of sp³-hybridized carbons (Fsp3) is 0.348. The van der Waals surface area contributed by atoms with E-state index < -0.39 is 35.5 Å². The first-order valence-electron chi connectivity index (χ1n) is 11.1. The number of amides is 1. The van der Waals surface area contributed by atoms with Crippen LogP contribution in [0.5, 0.6) is 5.75 Å². The number of nitrogens with two attached hydrogens (primary N) is 1. The van der Waals surface area contributed by atoms with Gasteiger partial charge in [-0.3, -0.25) is 10.1 Å². The van der Waals surface area contributed by atoms with Crippen LogP contribution in [0.3, 0.4) is 0 Å². The van der Waals surface area contributed by atoms with Crippen LogP contribution in [0.1, 0.15) is 41.6 Å². The van der Waals surface area contributed by atoms with Gasteiger partial charge in [-0.15, -0.1) is 33.6 Å². The van der Waals surface area contributed by atoms with Crippen LogP contribution >= 0.6 is 11.3 Å². The number of carbonyl (C=O) groups excluding carboxylic acids is 1. The van der Waals surface area contributed by atoms with Crippen LogP contribution in [-0.4, -0.2) is 39.8 Å². The molecule has 1 aromatic carbocycles. The van der Waals surface area contributed by atoms with E-state index in [1.54, 1.807) is 6.07 Å². The molecule has 3 aromatic rings. The molecule has 4 rings (SSSR count). The van der Waals surface area contributed by atoms with Gasteiger partial charge in [-0.2, -0.15) is 0 Å². The summed E-state index contributed by atoms with van der Waals surface area (Å²) in [6.07, 6.45) is -1.21. The molecule has 0 saturated carbocycles. The molecule has 37 heavy (non-hydrogen) atoms. The van der Waals surface area contributed by atoms with Crippen molar-refractivity contribution in [3.05, 3.63) is 58.5 Å². The van der Waals surface area contributed by atoms with E-state index in [1.165, 1.54) is 0 Å². The van der Waals surface area contributed by atoms with Crippen molar-refractivity contribution in [3.63, 3.8) is 0 Å². The van der Waals surface area contributed by atoms with Crippen molar-refractivity contribution in [3.8, 4) is 5.75 Å². The second-order valence-corrected chi connectivity index (χ2v) is 9.32. The molecule has 3 N–H and O–H groups in total. The summed E-state index contributed by atoms with van der Waals surface area (Å²) in [7, 11) is 1.13. The van der Waals surface area contributed by atoms with Gasteiger partial charge in [0.2, 0.25) is 5.13 Å². The molecule has 0 spiro atoms. The first-order chi connectivity index (χ1) is 17.6. The third-order valence-electron chi connectivity index (χ3n) is 5.65. The van der Waals surface area contributed by atoms with Crippen LogP contribution < -0.4 is 15.8 Å². The minimum atomic E-state index is -4.97. The monoisotopic (exact) mass is 538 g/mol. The van der Waals surface area contributed by atoms with E-state index in [2.05, 4.69) is 36.5 Å². The number of ether oxygens (including phenoxy) is 2. The van der Waals surface area contributed by atoms with Gasteiger partial charge in [0, 0.05) is 19.1 Å². The molecule has 2 aromatic heterocycles. The number of nitrogens with one attached hydrogen (secondary N) is 1. The van der Waals surface area contributed by atoms with Crippen molar-refractivity contribution in [2.45, 2.75) is 38.1 Å². The van der Waals surface area contributed by atoms with Crippen molar-refractivity contribution in [1.29, 1.82) is 0 Å². The van der Waals surface area contributed by atoms with E-state index in [9.17, 15) is 22.4 Å². The molecule has 14 heteroatoms. The highest BCUT2D eigenvalue weighted by Gasteiger charge is 2.32. The van der Waals surface area contributed by atoms with Crippen LogP contribution in [0.2, 0.25) is 0 Å². The summed E-state index contributed by atoms with van der Waals surface area (Å²) >= 11 is 1.16. The summed E-state index contributed by atoms with van der Waals surface area (Å²) < 4.78 is 60.8. The maximum atomic E-state index is 14.3. The SMILES string of the molecule is CO[C@H](C(=O)Nc1nnc(C[C@H]2CC=C(c3ccc(N)nn3)CC2)s1)c1cc(OC(F)(F)F)ccc1F. The minimum Gasteiger partial charge on any atom is -0.406 e. The van der Waals surface area contributed by atoms with Gasteiger partial charge in [0.15, 0.2) is 6.10 Å². The Morgan fingerprint density at radius 2 is 2.03 bits per heavy atom. The maximum absolute atomic E-state index is 14.3. The Labute approximate surface area is 212 Å². The van der Waals surface area contributed by atoms with Gasteiger partial charge in [-0.1, -0.05) is 17.4 Å². The number of anilines is 2. The summed E-state index contributed by atoms with van der Waals surface area (Å²) in [5, 5.41) is 19.4. The summed E-state index contributed by atoms with van der Waals surface area (Å²) in [5.74, 6) is -1.74. The fourth-order valence-electron chi connectivity index (χ4n) is 3.92. The average Bonchev–Trinajstić information content (AvgIpc) is 3.28. The smallest absolute Gasteiger partial charge is 0.406 e. The largest absolute Gasteiger partial charge is 0.573 e. The molecule has 1 amide bonds. The van der Waals surface area contributed by atoms with Crippen LogP contribution in [0.25, 0.3) is 5.57 Å². The quantitative estimate of drug-likeness (QED) is 0.396. The number of benzene rings is 1. The van der Waals surface area contributed by atoms with E-state index >= 15 is 0 Å². The Morgan fingerprint density at radius 1 is 1.22 bits per heavy atom. The topological polar surface area (TPSA) is 125 Å². The zero-order chi connectivity index (χ0) is 26.6. The molecule has 0 unspecified atom stereocenters. The second kappa shape index (κ2) is 11.2.